The lowest BCUT2D eigenvalue weighted by atomic mass is 10.2. The number of carboxylic acid groups (broad SMARTS) is 1. The van der Waals surface area contributed by atoms with E-state index in [1.54, 1.807) is 0 Å². The maximum absolute atomic E-state index is 12.4. The molecule has 0 saturated heterocycles. The maximum atomic E-state index is 12.4. The van der Waals surface area contributed by atoms with Crippen LogP contribution in [0.3, 0.4) is 0 Å². The number of halogens is 3. The Bertz CT molecular complexity index is 492. The van der Waals surface area contributed by atoms with Crippen molar-refractivity contribution in [2.24, 2.45) is 0 Å². The Morgan fingerprint density at radius 3 is 2.24 bits per heavy atom. The largest absolute Gasteiger partial charge is 0.465 e. The van der Waals surface area contributed by atoms with Crippen molar-refractivity contribution < 1.29 is 23.1 Å². The summed E-state index contributed by atoms with van der Waals surface area (Å²) in [6.07, 6.45) is -4.93. The molecule has 4 N–H and O–H groups in total. The quantitative estimate of drug-likeness (QED) is 0.496. The minimum atomic E-state index is -4.37. The van der Waals surface area contributed by atoms with E-state index in [-0.39, 0.29) is 11.7 Å². The Labute approximate surface area is 124 Å². The van der Waals surface area contributed by atoms with Gasteiger partial charge in [0, 0.05) is 18.8 Å². The molecule has 0 aliphatic carbocycles. The highest BCUT2D eigenvalue weighted by Gasteiger charge is 2.29. The molecule has 0 bridgehead atoms. The van der Waals surface area contributed by atoms with Crippen LogP contribution in [0, 0.1) is 0 Å². The first-order valence-corrected chi connectivity index (χ1v) is 6.39. The van der Waals surface area contributed by atoms with E-state index in [1.807, 2.05) is 0 Å². The van der Waals surface area contributed by atoms with Gasteiger partial charge in [0.25, 0.3) is 0 Å². The molecule has 0 spiro atoms. The van der Waals surface area contributed by atoms with E-state index in [0.29, 0.717) is 18.7 Å². The van der Waals surface area contributed by atoms with Gasteiger partial charge in [-0.1, -0.05) is 0 Å². The van der Waals surface area contributed by atoms with Crippen molar-refractivity contribution >= 4 is 29.1 Å². The average Bonchev–Trinajstić information content (AvgIpc) is 2.37. The highest BCUT2D eigenvalue weighted by molar-refractivity contribution is 7.80. The average molecular weight is 321 g/mol. The smallest absolute Gasteiger partial charge is 0.416 e. The summed E-state index contributed by atoms with van der Waals surface area (Å²) in [5, 5.41) is 16.3. The van der Waals surface area contributed by atoms with Crippen LogP contribution in [0.2, 0.25) is 0 Å². The van der Waals surface area contributed by atoms with Crippen molar-refractivity contribution in [3.8, 4) is 0 Å². The predicted molar refractivity (Wildman–Crippen MR) is 76.3 cm³/mol. The third kappa shape index (κ3) is 6.80. The van der Waals surface area contributed by atoms with Crippen LogP contribution in [0.4, 0.5) is 23.7 Å². The molecule has 116 valence electrons. The first-order valence-electron chi connectivity index (χ1n) is 5.98. The van der Waals surface area contributed by atoms with Gasteiger partial charge in [0.15, 0.2) is 5.11 Å². The number of amides is 1. The van der Waals surface area contributed by atoms with Gasteiger partial charge >= 0.3 is 12.3 Å². The summed E-state index contributed by atoms with van der Waals surface area (Å²) in [5.41, 5.74) is -0.296. The molecule has 21 heavy (non-hydrogen) atoms. The monoisotopic (exact) mass is 321 g/mol. The van der Waals surface area contributed by atoms with Gasteiger partial charge in [-0.05, 0) is 42.9 Å². The molecular weight excluding hydrogens is 307 g/mol. The van der Waals surface area contributed by atoms with E-state index in [1.165, 1.54) is 12.1 Å². The molecular formula is C12H14F3N3O2S. The van der Waals surface area contributed by atoms with E-state index in [0.717, 1.165) is 12.1 Å². The van der Waals surface area contributed by atoms with E-state index in [2.05, 4.69) is 16.0 Å². The van der Waals surface area contributed by atoms with Crippen LogP contribution in [0.5, 0.6) is 0 Å². The zero-order valence-electron chi connectivity index (χ0n) is 10.8. The molecule has 0 aromatic heterocycles. The van der Waals surface area contributed by atoms with Crippen molar-refractivity contribution in [3.05, 3.63) is 29.8 Å². The number of alkyl halides is 3. The predicted octanol–water partition coefficient (Wildman–Crippen LogP) is 2.65. The van der Waals surface area contributed by atoms with Crippen molar-refractivity contribution in [1.29, 1.82) is 0 Å². The molecule has 9 heteroatoms. The van der Waals surface area contributed by atoms with Gasteiger partial charge in [-0.2, -0.15) is 13.2 Å². The van der Waals surface area contributed by atoms with Crippen LogP contribution in [-0.4, -0.2) is 29.4 Å². The summed E-state index contributed by atoms with van der Waals surface area (Å²) >= 11 is 4.96. The van der Waals surface area contributed by atoms with Gasteiger partial charge in [-0.15, -0.1) is 0 Å². The van der Waals surface area contributed by atoms with Crippen molar-refractivity contribution in [1.82, 2.24) is 10.6 Å². The summed E-state index contributed by atoms with van der Waals surface area (Å²) in [7, 11) is 0. The van der Waals surface area contributed by atoms with Crippen molar-refractivity contribution in [2.75, 3.05) is 18.4 Å². The van der Waals surface area contributed by atoms with Crippen LogP contribution in [-0.2, 0) is 6.18 Å². The van der Waals surface area contributed by atoms with Gasteiger partial charge in [-0.3, -0.25) is 0 Å². The number of carbonyl (C=O) groups is 1. The van der Waals surface area contributed by atoms with Crippen LogP contribution >= 0.6 is 12.2 Å². The van der Waals surface area contributed by atoms with Crippen LogP contribution in [0.1, 0.15) is 12.0 Å². The summed E-state index contributed by atoms with van der Waals surface area (Å²) in [6.45, 7) is 0.720. The molecule has 0 heterocycles. The lowest BCUT2D eigenvalue weighted by Crippen LogP contribution is -2.31. The van der Waals surface area contributed by atoms with Crippen molar-refractivity contribution in [2.45, 2.75) is 12.6 Å². The Hall–Kier alpha value is -2.03. The standard InChI is InChI=1S/C12H14F3N3O2S/c13-12(14,15)8-2-4-9(5-3-8)18-10(21)16-6-1-7-17-11(19)20/h2-5,17H,1,6-7H2,(H,19,20)(H2,16,18,21). The SMILES string of the molecule is O=C(O)NCCCNC(=S)Nc1ccc(C(F)(F)F)cc1. The minimum Gasteiger partial charge on any atom is -0.465 e. The van der Waals surface area contributed by atoms with E-state index >= 15 is 0 Å². The Morgan fingerprint density at radius 2 is 1.71 bits per heavy atom. The Balaban J connectivity index is 2.33. The maximum Gasteiger partial charge on any atom is 0.416 e. The Morgan fingerprint density at radius 1 is 1.14 bits per heavy atom. The zero-order valence-corrected chi connectivity index (χ0v) is 11.6. The fraction of sp³-hybridized carbons (Fsp3) is 0.333. The number of nitrogens with one attached hydrogen (secondary N) is 3. The summed E-state index contributed by atoms with van der Waals surface area (Å²) in [5.74, 6) is 0. The summed E-state index contributed by atoms with van der Waals surface area (Å²) in [4.78, 5) is 10.2. The second kappa shape index (κ2) is 7.67. The highest BCUT2D eigenvalue weighted by Crippen LogP contribution is 2.29. The second-order valence-corrected chi connectivity index (χ2v) is 4.45. The first-order chi connectivity index (χ1) is 9.79. The minimum absolute atomic E-state index is 0.255. The van der Waals surface area contributed by atoms with Crippen LogP contribution < -0.4 is 16.0 Å². The van der Waals surface area contributed by atoms with E-state index in [4.69, 9.17) is 17.3 Å². The molecule has 0 unspecified atom stereocenters. The molecule has 5 nitrogen and oxygen atoms in total. The summed E-state index contributed by atoms with van der Waals surface area (Å²) in [6, 6.07) is 4.48. The number of anilines is 1. The van der Waals surface area contributed by atoms with Gasteiger partial charge in [0.1, 0.15) is 0 Å². The van der Waals surface area contributed by atoms with Gasteiger partial charge in [0.05, 0.1) is 5.56 Å². The number of rotatable bonds is 5. The lowest BCUT2D eigenvalue weighted by Gasteiger charge is -2.11. The molecule has 0 saturated carbocycles. The molecule has 0 fully saturated rings. The molecule has 0 radical (unpaired) electrons. The molecule has 1 aromatic rings. The number of hydrogen-bond acceptors (Lipinski definition) is 2. The fourth-order valence-corrected chi connectivity index (χ4v) is 1.62. The second-order valence-electron chi connectivity index (χ2n) is 4.04. The van der Waals surface area contributed by atoms with Gasteiger partial charge in [-0.25, -0.2) is 4.79 Å². The number of benzene rings is 1. The zero-order chi connectivity index (χ0) is 15.9. The van der Waals surface area contributed by atoms with E-state index in [9.17, 15) is 18.0 Å². The van der Waals surface area contributed by atoms with Crippen LogP contribution in [0.25, 0.3) is 0 Å². The summed E-state index contributed by atoms with van der Waals surface area (Å²) < 4.78 is 37.1. The van der Waals surface area contributed by atoms with Crippen molar-refractivity contribution in [3.63, 3.8) is 0 Å². The normalized spacial score (nSPS) is 10.8. The Kier molecular flexibility index (Phi) is 6.22. The molecule has 0 atom stereocenters. The number of hydrogen-bond donors (Lipinski definition) is 4. The molecule has 0 aliphatic rings. The molecule has 1 amide bonds. The first kappa shape index (κ1) is 17.0. The van der Waals surface area contributed by atoms with E-state index < -0.39 is 17.8 Å². The third-order valence-electron chi connectivity index (χ3n) is 2.39. The third-order valence-corrected chi connectivity index (χ3v) is 2.63. The molecule has 1 rings (SSSR count). The van der Waals surface area contributed by atoms with Crippen LogP contribution in [0.15, 0.2) is 24.3 Å². The molecule has 0 aliphatic heterocycles. The van der Waals surface area contributed by atoms with Gasteiger partial charge < -0.3 is 21.1 Å². The van der Waals surface area contributed by atoms with Gasteiger partial charge in [0.2, 0.25) is 0 Å². The fourth-order valence-electron chi connectivity index (χ4n) is 1.40. The molecule has 1 aromatic carbocycles. The number of thiocarbonyl (C=S) groups is 1. The lowest BCUT2D eigenvalue weighted by molar-refractivity contribution is -0.137. The topological polar surface area (TPSA) is 73.4 Å². The highest BCUT2D eigenvalue weighted by atomic mass is 32.1.